The van der Waals surface area contributed by atoms with E-state index in [2.05, 4.69) is 15.3 Å². The van der Waals surface area contributed by atoms with E-state index in [1.807, 2.05) is 0 Å². The minimum Gasteiger partial charge on any atom is -0.379 e. The molecule has 6 heteroatoms. The fourth-order valence-corrected chi connectivity index (χ4v) is 1.31. The minimum absolute atomic E-state index is 0.0788. The first kappa shape index (κ1) is 11.0. The maximum atomic E-state index is 10.5. The van der Waals surface area contributed by atoms with Crippen LogP contribution in [0.1, 0.15) is 5.69 Å². The molecule has 1 aromatic heterocycles. The van der Waals surface area contributed by atoms with Crippen LogP contribution in [-0.4, -0.2) is 14.9 Å². The predicted octanol–water partition coefficient (Wildman–Crippen LogP) is 2.00. The van der Waals surface area contributed by atoms with Crippen molar-refractivity contribution < 1.29 is 4.92 Å². The van der Waals surface area contributed by atoms with Gasteiger partial charge in [-0.15, -0.1) is 0 Å². The Labute approximate surface area is 97.5 Å². The van der Waals surface area contributed by atoms with Crippen LogP contribution in [0.4, 0.5) is 11.4 Å². The number of hydrogen-bond donors (Lipinski definition) is 1. The van der Waals surface area contributed by atoms with Crippen LogP contribution in [0.15, 0.2) is 42.9 Å². The van der Waals surface area contributed by atoms with Crippen LogP contribution in [0.2, 0.25) is 0 Å². The zero-order valence-corrected chi connectivity index (χ0v) is 8.91. The van der Waals surface area contributed by atoms with Crippen molar-refractivity contribution in [3.8, 4) is 0 Å². The molecule has 86 valence electrons. The number of nitrogens with zero attached hydrogens (tertiary/aromatic N) is 3. The first-order valence-electron chi connectivity index (χ1n) is 4.99. The lowest BCUT2D eigenvalue weighted by Crippen LogP contribution is -2.01. The van der Waals surface area contributed by atoms with Crippen LogP contribution >= 0.6 is 0 Å². The molecule has 1 N–H and O–H groups in total. The summed E-state index contributed by atoms with van der Waals surface area (Å²) >= 11 is 0. The Kier molecular flexibility index (Phi) is 3.25. The zero-order chi connectivity index (χ0) is 12.1. The van der Waals surface area contributed by atoms with Crippen molar-refractivity contribution in [3.63, 3.8) is 0 Å². The largest absolute Gasteiger partial charge is 0.379 e. The van der Waals surface area contributed by atoms with Crippen LogP contribution in [0.5, 0.6) is 0 Å². The highest BCUT2D eigenvalue weighted by atomic mass is 16.6. The number of non-ortho nitro benzene ring substituents is 1. The van der Waals surface area contributed by atoms with Crippen molar-refractivity contribution in [2.75, 3.05) is 5.32 Å². The quantitative estimate of drug-likeness (QED) is 0.641. The molecular weight excluding hydrogens is 220 g/mol. The molecule has 1 aromatic carbocycles. The van der Waals surface area contributed by atoms with E-state index in [4.69, 9.17) is 0 Å². The Hall–Kier alpha value is -2.50. The van der Waals surface area contributed by atoms with Gasteiger partial charge < -0.3 is 5.32 Å². The summed E-state index contributed by atoms with van der Waals surface area (Å²) < 4.78 is 0. The third-order valence-electron chi connectivity index (χ3n) is 2.17. The average molecular weight is 230 g/mol. The molecule has 6 nitrogen and oxygen atoms in total. The summed E-state index contributed by atoms with van der Waals surface area (Å²) in [6.45, 7) is 0.533. The molecule has 0 saturated heterocycles. The summed E-state index contributed by atoms with van der Waals surface area (Å²) in [6.07, 6.45) is 4.89. The molecule has 2 rings (SSSR count). The van der Waals surface area contributed by atoms with Gasteiger partial charge in [0.1, 0.15) is 0 Å². The van der Waals surface area contributed by atoms with Gasteiger partial charge in [0.2, 0.25) is 0 Å². The number of hydrogen-bond acceptors (Lipinski definition) is 5. The van der Waals surface area contributed by atoms with Gasteiger partial charge in [-0.1, -0.05) is 0 Å². The van der Waals surface area contributed by atoms with E-state index < -0.39 is 4.92 Å². The van der Waals surface area contributed by atoms with Crippen LogP contribution < -0.4 is 5.32 Å². The molecule has 1 heterocycles. The molecular formula is C11H10N4O2. The lowest BCUT2D eigenvalue weighted by Gasteiger charge is -2.04. The number of aromatic nitrogens is 2. The highest BCUT2D eigenvalue weighted by molar-refractivity contribution is 5.48. The van der Waals surface area contributed by atoms with E-state index in [-0.39, 0.29) is 5.69 Å². The van der Waals surface area contributed by atoms with Crippen LogP contribution in [-0.2, 0) is 6.54 Å². The first-order valence-corrected chi connectivity index (χ1v) is 4.99. The molecule has 0 spiro atoms. The number of benzene rings is 1. The van der Waals surface area contributed by atoms with Crippen molar-refractivity contribution in [2.45, 2.75) is 6.54 Å². The highest BCUT2D eigenvalue weighted by Crippen LogP contribution is 2.15. The van der Waals surface area contributed by atoms with Crippen molar-refractivity contribution >= 4 is 11.4 Å². The van der Waals surface area contributed by atoms with Gasteiger partial charge in [0, 0.05) is 30.2 Å². The van der Waals surface area contributed by atoms with Gasteiger partial charge in [-0.3, -0.25) is 20.1 Å². The van der Waals surface area contributed by atoms with Crippen LogP contribution in [0.3, 0.4) is 0 Å². The third kappa shape index (κ3) is 2.97. The smallest absolute Gasteiger partial charge is 0.269 e. The molecule has 0 amide bonds. The standard InChI is InChI=1S/C11H10N4O2/c16-15(17)11-3-1-9(2-4-11)14-8-10-7-12-5-6-13-10/h1-7,14H,8H2. The molecule has 0 atom stereocenters. The maximum Gasteiger partial charge on any atom is 0.269 e. The minimum atomic E-state index is -0.424. The molecule has 0 unspecified atom stereocenters. The van der Waals surface area contributed by atoms with Gasteiger partial charge in [-0.25, -0.2) is 0 Å². The van der Waals surface area contributed by atoms with E-state index in [1.54, 1.807) is 30.7 Å². The predicted molar refractivity (Wildman–Crippen MR) is 62.5 cm³/mol. The van der Waals surface area contributed by atoms with Gasteiger partial charge in [0.25, 0.3) is 5.69 Å². The summed E-state index contributed by atoms with van der Waals surface area (Å²) in [7, 11) is 0. The van der Waals surface area contributed by atoms with Crippen molar-refractivity contribution in [2.24, 2.45) is 0 Å². The zero-order valence-electron chi connectivity index (χ0n) is 8.91. The SMILES string of the molecule is O=[N+]([O-])c1ccc(NCc2cnccn2)cc1. The molecule has 17 heavy (non-hydrogen) atoms. The van der Waals surface area contributed by atoms with E-state index in [9.17, 15) is 10.1 Å². The summed E-state index contributed by atoms with van der Waals surface area (Å²) in [5.41, 5.74) is 1.70. The van der Waals surface area contributed by atoms with Crippen molar-refractivity contribution in [3.05, 3.63) is 58.7 Å². The Balaban J connectivity index is 1.98. The molecule has 2 aromatic rings. The molecule has 0 aliphatic carbocycles. The maximum absolute atomic E-state index is 10.5. The summed E-state index contributed by atoms with van der Waals surface area (Å²) in [6, 6.07) is 6.24. The van der Waals surface area contributed by atoms with Gasteiger partial charge in [-0.05, 0) is 12.1 Å². The third-order valence-corrected chi connectivity index (χ3v) is 2.17. The monoisotopic (exact) mass is 230 g/mol. The second-order valence-corrected chi connectivity index (χ2v) is 3.35. The van der Waals surface area contributed by atoms with Gasteiger partial charge in [0.05, 0.1) is 23.4 Å². The molecule has 0 aliphatic heterocycles. The van der Waals surface area contributed by atoms with E-state index in [0.29, 0.717) is 6.54 Å². The summed E-state index contributed by atoms with van der Waals surface area (Å²) in [5, 5.41) is 13.6. The summed E-state index contributed by atoms with van der Waals surface area (Å²) in [4.78, 5) is 18.1. The normalized spacial score (nSPS) is 9.88. The summed E-state index contributed by atoms with van der Waals surface area (Å²) in [5.74, 6) is 0. The van der Waals surface area contributed by atoms with E-state index in [1.165, 1.54) is 12.1 Å². The van der Waals surface area contributed by atoms with E-state index >= 15 is 0 Å². The van der Waals surface area contributed by atoms with Crippen LogP contribution in [0.25, 0.3) is 0 Å². The van der Waals surface area contributed by atoms with Crippen molar-refractivity contribution in [1.82, 2.24) is 9.97 Å². The Morgan fingerprint density at radius 3 is 2.59 bits per heavy atom. The Bertz CT molecular complexity index is 499. The molecule has 0 fully saturated rings. The van der Waals surface area contributed by atoms with Gasteiger partial charge in [0.15, 0.2) is 0 Å². The number of nitrogens with one attached hydrogen (secondary N) is 1. The number of anilines is 1. The Morgan fingerprint density at radius 2 is 2.00 bits per heavy atom. The second kappa shape index (κ2) is 5.02. The fraction of sp³-hybridized carbons (Fsp3) is 0.0909. The van der Waals surface area contributed by atoms with Crippen LogP contribution in [0, 0.1) is 10.1 Å². The number of nitro benzene ring substituents is 1. The topological polar surface area (TPSA) is 81.0 Å². The fourth-order valence-electron chi connectivity index (χ4n) is 1.31. The van der Waals surface area contributed by atoms with E-state index in [0.717, 1.165) is 11.4 Å². The molecule has 0 saturated carbocycles. The molecule has 0 radical (unpaired) electrons. The molecule has 0 aliphatic rings. The lowest BCUT2D eigenvalue weighted by atomic mass is 10.3. The second-order valence-electron chi connectivity index (χ2n) is 3.35. The average Bonchev–Trinajstić information content (AvgIpc) is 2.38. The van der Waals surface area contributed by atoms with Gasteiger partial charge in [-0.2, -0.15) is 0 Å². The molecule has 0 bridgehead atoms. The Morgan fingerprint density at radius 1 is 1.24 bits per heavy atom. The van der Waals surface area contributed by atoms with Crippen molar-refractivity contribution in [1.29, 1.82) is 0 Å². The highest BCUT2D eigenvalue weighted by Gasteiger charge is 2.03. The van der Waals surface area contributed by atoms with Gasteiger partial charge >= 0.3 is 0 Å². The number of nitro groups is 1. The first-order chi connectivity index (χ1) is 8.25. The lowest BCUT2D eigenvalue weighted by molar-refractivity contribution is -0.384. The number of rotatable bonds is 4.